The zero-order valence-corrected chi connectivity index (χ0v) is 20.3. The molecule has 2 N–H and O–H groups in total. The molecule has 1 amide bonds. The molecule has 0 radical (unpaired) electrons. The van der Waals surface area contributed by atoms with Crippen LogP contribution in [0.25, 0.3) is 5.57 Å². The van der Waals surface area contributed by atoms with Gasteiger partial charge in [-0.1, -0.05) is 42.7 Å². The van der Waals surface area contributed by atoms with Gasteiger partial charge in [-0.15, -0.1) is 0 Å². The maximum Gasteiger partial charge on any atom is 0.253 e. The van der Waals surface area contributed by atoms with Crippen molar-refractivity contribution in [2.24, 2.45) is 5.92 Å². The maximum absolute atomic E-state index is 12.8. The molecule has 1 aliphatic carbocycles. The van der Waals surface area contributed by atoms with Gasteiger partial charge in [0.05, 0.1) is 0 Å². The summed E-state index contributed by atoms with van der Waals surface area (Å²) in [5.41, 5.74) is 7.29. The lowest BCUT2D eigenvalue weighted by Crippen LogP contribution is -2.30. The average molecular weight is 446 g/mol. The van der Waals surface area contributed by atoms with Crippen molar-refractivity contribution in [3.8, 4) is 0 Å². The summed E-state index contributed by atoms with van der Waals surface area (Å²) >= 11 is 0. The number of carbonyl (C=O) groups excluding carboxylic acids is 1. The van der Waals surface area contributed by atoms with Crippen molar-refractivity contribution < 1.29 is 4.79 Å². The number of piperidine rings is 1. The van der Waals surface area contributed by atoms with Crippen molar-refractivity contribution >= 4 is 17.2 Å². The lowest BCUT2D eigenvalue weighted by Gasteiger charge is -2.22. The van der Waals surface area contributed by atoms with Crippen molar-refractivity contribution in [3.05, 3.63) is 70.8 Å². The number of hydrogen-bond donors (Lipinski definition) is 2. The highest BCUT2D eigenvalue weighted by molar-refractivity contribution is 5.95. The van der Waals surface area contributed by atoms with E-state index in [1.165, 1.54) is 53.6 Å². The Balaban J connectivity index is 1.61. The molecule has 2 aromatic rings. The van der Waals surface area contributed by atoms with Crippen LogP contribution in [0, 0.1) is 5.92 Å². The summed E-state index contributed by atoms with van der Waals surface area (Å²) in [5, 5.41) is 7.19. The fourth-order valence-electron chi connectivity index (χ4n) is 5.29. The second kappa shape index (κ2) is 11.5. The first-order valence-corrected chi connectivity index (χ1v) is 12.9. The molecule has 0 unspecified atom stereocenters. The van der Waals surface area contributed by atoms with Gasteiger partial charge in [0.25, 0.3) is 5.91 Å². The summed E-state index contributed by atoms with van der Waals surface area (Å²) in [4.78, 5) is 14.7. The molecule has 0 atom stereocenters. The highest BCUT2D eigenvalue weighted by atomic mass is 16.2. The van der Waals surface area contributed by atoms with Gasteiger partial charge in [0.1, 0.15) is 0 Å². The van der Waals surface area contributed by atoms with E-state index in [0.717, 1.165) is 57.0 Å². The predicted octanol–water partition coefficient (Wildman–Crippen LogP) is 5.96. The Bertz CT molecular complexity index is 945. The fraction of sp³-hybridized carbons (Fsp3) is 0.483. The van der Waals surface area contributed by atoms with E-state index in [0.29, 0.717) is 0 Å². The Kier molecular flexibility index (Phi) is 8.22. The fourth-order valence-corrected chi connectivity index (χ4v) is 5.29. The van der Waals surface area contributed by atoms with Gasteiger partial charge in [0.2, 0.25) is 0 Å². The number of nitrogens with one attached hydrogen (secondary N) is 2. The molecule has 1 aliphatic heterocycles. The largest absolute Gasteiger partial charge is 0.385 e. The molecule has 4 rings (SSSR count). The molecule has 33 heavy (non-hydrogen) atoms. The SMILES string of the molecule is CCN(CC)C(=O)c1ccc(C(=C2CCNCC2)c2cccc(NCC3CCCC3)c2)cc1. The Labute approximate surface area is 199 Å². The van der Waals surface area contributed by atoms with Crippen molar-refractivity contribution in [1.29, 1.82) is 0 Å². The Morgan fingerprint density at radius 1 is 0.939 bits per heavy atom. The standard InChI is InChI=1S/C29H39N3O/c1-3-32(4-2)29(33)25-14-12-23(13-15-25)28(24-16-18-30-19-17-24)26-10-7-11-27(20-26)31-21-22-8-5-6-9-22/h7,10-15,20,22,30-31H,3-6,8-9,16-19,21H2,1-2H3. The molecule has 0 spiro atoms. The Morgan fingerprint density at radius 3 is 2.27 bits per heavy atom. The summed E-state index contributed by atoms with van der Waals surface area (Å²) in [6.07, 6.45) is 7.60. The van der Waals surface area contributed by atoms with Crippen LogP contribution in [0.15, 0.2) is 54.1 Å². The van der Waals surface area contributed by atoms with Gasteiger partial charge < -0.3 is 15.5 Å². The molecule has 2 aromatic carbocycles. The topological polar surface area (TPSA) is 44.4 Å². The minimum Gasteiger partial charge on any atom is -0.385 e. The zero-order valence-electron chi connectivity index (χ0n) is 20.3. The minimum atomic E-state index is 0.112. The van der Waals surface area contributed by atoms with Crippen molar-refractivity contribution in [3.63, 3.8) is 0 Å². The molecule has 176 valence electrons. The number of anilines is 1. The molecule has 1 saturated carbocycles. The maximum atomic E-state index is 12.8. The van der Waals surface area contributed by atoms with E-state index in [1.54, 1.807) is 0 Å². The van der Waals surface area contributed by atoms with Gasteiger partial charge in [-0.05, 0) is 99.5 Å². The van der Waals surface area contributed by atoms with Crippen molar-refractivity contribution in [2.45, 2.75) is 52.4 Å². The summed E-state index contributed by atoms with van der Waals surface area (Å²) in [5.74, 6) is 0.924. The number of amides is 1. The smallest absolute Gasteiger partial charge is 0.253 e. The van der Waals surface area contributed by atoms with Crippen LogP contribution < -0.4 is 10.6 Å². The van der Waals surface area contributed by atoms with Gasteiger partial charge in [-0.2, -0.15) is 0 Å². The van der Waals surface area contributed by atoms with E-state index in [4.69, 9.17) is 0 Å². The van der Waals surface area contributed by atoms with Crippen LogP contribution in [0.1, 0.15) is 73.9 Å². The predicted molar refractivity (Wildman–Crippen MR) is 139 cm³/mol. The molecule has 0 aromatic heterocycles. The third kappa shape index (κ3) is 5.86. The van der Waals surface area contributed by atoms with Gasteiger partial charge in [-0.25, -0.2) is 0 Å². The second-order valence-electron chi connectivity index (χ2n) is 9.40. The van der Waals surface area contributed by atoms with Crippen LogP contribution in [0.3, 0.4) is 0 Å². The molecule has 2 aliphatic rings. The van der Waals surface area contributed by atoms with Crippen LogP contribution >= 0.6 is 0 Å². The van der Waals surface area contributed by atoms with Crippen molar-refractivity contribution in [2.75, 3.05) is 38.0 Å². The molecule has 2 fully saturated rings. The highest BCUT2D eigenvalue weighted by Gasteiger charge is 2.18. The van der Waals surface area contributed by atoms with Gasteiger partial charge in [0.15, 0.2) is 0 Å². The molecule has 1 saturated heterocycles. The lowest BCUT2D eigenvalue weighted by atomic mass is 9.88. The van der Waals surface area contributed by atoms with Gasteiger partial charge >= 0.3 is 0 Å². The van der Waals surface area contributed by atoms with E-state index in [9.17, 15) is 4.79 Å². The van der Waals surface area contributed by atoms with Crippen LogP contribution in [0.4, 0.5) is 5.69 Å². The summed E-state index contributed by atoms with van der Waals surface area (Å²) in [6, 6.07) is 17.2. The first kappa shape index (κ1) is 23.6. The minimum absolute atomic E-state index is 0.112. The summed E-state index contributed by atoms with van der Waals surface area (Å²) in [6.45, 7) is 8.65. The average Bonchev–Trinajstić information content (AvgIpc) is 3.39. The van der Waals surface area contributed by atoms with E-state index < -0.39 is 0 Å². The molecule has 1 heterocycles. The molecule has 4 heteroatoms. The summed E-state index contributed by atoms with van der Waals surface area (Å²) < 4.78 is 0. The number of nitrogens with zero attached hydrogens (tertiary/aromatic N) is 1. The Morgan fingerprint density at radius 2 is 1.61 bits per heavy atom. The summed E-state index contributed by atoms with van der Waals surface area (Å²) in [7, 11) is 0. The zero-order chi connectivity index (χ0) is 23.0. The number of carbonyl (C=O) groups is 1. The number of benzene rings is 2. The molecule has 4 nitrogen and oxygen atoms in total. The van der Waals surface area contributed by atoms with Crippen LogP contribution in [0.5, 0.6) is 0 Å². The third-order valence-electron chi connectivity index (χ3n) is 7.25. The monoisotopic (exact) mass is 445 g/mol. The second-order valence-corrected chi connectivity index (χ2v) is 9.40. The van der Waals surface area contributed by atoms with Gasteiger partial charge in [0, 0.05) is 30.9 Å². The lowest BCUT2D eigenvalue weighted by molar-refractivity contribution is 0.0773. The third-order valence-corrected chi connectivity index (χ3v) is 7.25. The Hall–Kier alpha value is -2.59. The number of rotatable bonds is 8. The normalized spacial score (nSPS) is 16.6. The van der Waals surface area contributed by atoms with E-state index in [2.05, 4.69) is 47.0 Å². The molecule has 0 bridgehead atoms. The molecular weight excluding hydrogens is 406 g/mol. The van der Waals surface area contributed by atoms with E-state index in [-0.39, 0.29) is 5.91 Å². The van der Waals surface area contributed by atoms with Gasteiger partial charge in [-0.3, -0.25) is 4.79 Å². The first-order chi connectivity index (χ1) is 16.2. The molecular formula is C29H39N3O. The van der Waals surface area contributed by atoms with Crippen LogP contribution in [-0.2, 0) is 0 Å². The van der Waals surface area contributed by atoms with Crippen LogP contribution in [-0.4, -0.2) is 43.5 Å². The van der Waals surface area contributed by atoms with Crippen molar-refractivity contribution in [1.82, 2.24) is 10.2 Å². The first-order valence-electron chi connectivity index (χ1n) is 12.9. The van der Waals surface area contributed by atoms with Crippen LogP contribution in [0.2, 0.25) is 0 Å². The van der Waals surface area contributed by atoms with E-state index in [1.807, 2.05) is 30.9 Å². The highest BCUT2D eigenvalue weighted by Crippen LogP contribution is 2.33. The quantitative estimate of drug-likeness (QED) is 0.527. The number of hydrogen-bond acceptors (Lipinski definition) is 3. The van der Waals surface area contributed by atoms with E-state index >= 15 is 0 Å².